The van der Waals surface area contributed by atoms with Gasteiger partial charge in [0, 0.05) is 18.8 Å². The summed E-state index contributed by atoms with van der Waals surface area (Å²) in [6.07, 6.45) is -1.29. The zero-order chi connectivity index (χ0) is 10.8. The van der Waals surface area contributed by atoms with Crippen molar-refractivity contribution in [1.29, 1.82) is 0 Å². The summed E-state index contributed by atoms with van der Waals surface area (Å²) in [4.78, 5) is 1.95. The molecule has 1 saturated heterocycles. The first-order valence-electron chi connectivity index (χ1n) is 4.96. The highest BCUT2D eigenvalue weighted by Gasteiger charge is 2.29. The number of β-amino-alcohol motifs (C(OH)–C–C–N with tert-alkyl or cyclic N) is 2. The first kappa shape index (κ1) is 10.3. The quantitative estimate of drug-likeness (QED) is 0.732. The molecular weight excluding hydrogens is 194 g/mol. The van der Waals surface area contributed by atoms with E-state index in [1.165, 1.54) is 0 Å². The van der Waals surface area contributed by atoms with Gasteiger partial charge in [0.05, 0.1) is 19.3 Å². The van der Waals surface area contributed by atoms with E-state index in [9.17, 15) is 10.2 Å². The minimum atomic E-state index is -0.646. The molecule has 2 atom stereocenters. The van der Waals surface area contributed by atoms with Crippen molar-refractivity contribution in [2.24, 2.45) is 0 Å². The molecule has 4 nitrogen and oxygen atoms in total. The Morgan fingerprint density at radius 1 is 1.13 bits per heavy atom. The van der Waals surface area contributed by atoms with Crippen LogP contribution in [0.5, 0.6) is 5.75 Å². The van der Waals surface area contributed by atoms with E-state index in [0.717, 1.165) is 11.4 Å². The Labute approximate surface area is 88.7 Å². The van der Waals surface area contributed by atoms with Gasteiger partial charge in [-0.1, -0.05) is 0 Å². The lowest BCUT2D eigenvalue weighted by atomic mass is 10.3. The predicted octanol–water partition coefficient (Wildman–Crippen LogP) is 0.237. The number of methoxy groups -OCH3 is 1. The molecule has 0 amide bonds. The number of benzene rings is 1. The van der Waals surface area contributed by atoms with Crippen molar-refractivity contribution in [2.75, 3.05) is 25.1 Å². The van der Waals surface area contributed by atoms with Crippen molar-refractivity contribution >= 4 is 5.69 Å². The van der Waals surface area contributed by atoms with Crippen LogP contribution in [0.15, 0.2) is 24.3 Å². The van der Waals surface area contributed by atoms with Crippen molar-refractivity contribution < 1.29 is 14.9 Å². The van der Waals surface area contributed by atoms with Gasteiger partial charge in [0.1, 0.15) is 5.75 Å². The van der Waals surface area contributed by atoms with E-state index < -0.39 is 12.2 Å². The Hall–Kier alpha value is -1.26. The van der Waals surface area contributed by atoms with Crippen LogP contribution in [0.2, 0.25) is 0 Å². The smallest absolute Gasteiger partial charge is 0.119 e. The average Bonchev–Trinajstić information content (AvgIpc) is 2.59. The highest BCUT2D eigenvalue weighted by atomic mass is 16.5. The molecule has 1 aliphatic rings. The van der Waals surface area contributed by atoms with E-state index in [0.29, 0.717) is 13.1 Å². The molecule has 0 aromatic heterocycles. The minimum absolute atomic E-state index is 0.480. The van der Waals surface area contributed by atoms with Gasteiger partial charge in [-0.15, -0.1) is 0 Å². The molecule has 4 heteroatoms. The van der Waals surface area contributed by atoms with Gasteiger partial charge < -0.3 is 19.8 Å². The molecule has 1 aromatic rings. The predicted molar refractivity (Wildman–Crippen MR) is 57.2 cm³/mol. The number of rotatable bonds is 2. The normalized spacial score (nSPS) is 25.7. The molecule has 0 radical (unpaired) electrons. The van der Waals surface area contributed by atoms with Gasteiger partial charge in [-0.2, -0.15) is 0 Å². The molecule has 1 aromatic carbocycles. The third kappa shape index (κ3) is 2.06. The molecule has 1 heterocycles. The van der Waals surface area contributed by atoms with Crippen molar-refractivity contribution in [3.8, 4) is 5.75 Å². The number of aliphatic hydroxyl groups is 2. The first-order chi connectivity index (χ1) is 7.20. The van der Waals surface area contributed by atoms with Crippen LogP contribution in [0.1, 0.15) is 0 Å². The molecule has 0 saturated carbocycles. The summed E-state index contributed by atoms with van der Waals surface area (Å²) in [5, 5.41) is 18.8. The van der Waals surface area contributed by atoms with Crippen LogP contribution >= 0.6 is 0 Å². The van der Waals surface area contributed by atoms with Crippen LogP contribution in [0.3, 0.4) is 0 Å². The third-order valence-corrected chi connectivity index (χ3v) is 2.70. The van der Waals surface area contributed by atoms with Crippen LogP contribution in [0, 0.1) is 0 Å². The van der Waals surface area contributed by atoms with Crippen molar-refractivity contribution in [3.63, 3.8) is 0 Å². The summed E-state index contributed by atoms with van der Waals surface area (Å²) in [5.74, 6) is 0.805. The summed E-state index contributed by atoms with van der Waals surface area (Å²) < 4.78 is 5.06. The molecule has 2 N–H and O–H groups in total. The van der Waals surface area contributed by atoms with Crippen molar-refractivity contribution in [3.05, 3.63) is 24.3 Å². The molecule has 2 rings (SSSR count). The maximum Gasteiger partial charge on any atom is 0.119 e. The Kier molecular flexibility index (Phi) is 2.79. The summed E-state index contributed by atoms with van der Waals surface area (Å²) >= 11 is 0. The van der Waals surface area contributed by atoms with Crippen LogP contribution in [-0.4, -0.2) is 42.6 Å². The monoisotopic (exact) mass is 209 g/mol. The second kappa shape index (κ2) is 4.08. The topological polar surface area (TPSA) is 52.9 Å². The maximum atomic E-state index is 9.41. The van der Waals surface area contributed by atoms with Gasteiger partial charge in [0.15, 0.2) is 0 Å². The van der Waals surface area contributed by atoms with Crippen LogP contribution in [0.25, 0.3) is 0 Å². The van der Waals surface area contributed by atoms with Crippen LogP contribution < -0.4 is 9.64 Å². The zero-order valence-electron chi connectivity index (χ0n) is 8.63. The zero-order valence-corrected chi connectivity index (χ0v) is 8.63. The highest BCUT2D eigenvalue weighted by Crippen LogP contribution is 2.23. The molecule has 15 heavy (non-hydrogen) atoms. The Bertz CT molecular complexity index is 315. The van der Waals surface area contributed by atoms with E-state index >= 15 is 0 Å². The second-order valence-electron chi connectivity index (χ2n) is 3.74. The second-order valence-corrected chi connectivity index (χ2v) is 3.74. The molecule has 82 valence electrons. The minimum Gasteiger partial charge on any atom is -0.497 e. The molecule has 1 aliphatic heterocycles. The number of anilines is 1. The molecule has 0 aliphatic carbocycles. The van der Waals surface area contributed by atoms with E-state index in [4.69, 9.17) is 4.74 Å². The Morgan fingerprint density at radius 2 is 1.67 bits per heavy atom. The van der Waals surface area contributed by atoms with E-state index in [-0.39, 0.29) is 0 Å². The van der Waals surface area contributed by atoms with E-state index in [1.807, 2.05) is 29.2 Å². The summed E-state index contributed by atoms with van der Waals surface area (Å²) in [6.45, 7) is 0.959. The standard InChI is InChI=1S/C11H15NO3/c1-15-9-4-2-8(3-5-9)12-6-10(13)11(14)7-12/h2-5,10-11,13-14H,6-7H2,1H3/t10-,11-/m0/s1. The number of hydrogen-bond donors (Lipinski definition) is 2. The number of ether oxygens (including phenoxy) is 1. The first-order valence-corrected chi connectivity index (χ1v) is 4.96. The van der Waals surface area contributed by atoms with Gasteiger partial charge >= 0.3 is 0 Å². The van der Waals surface area contributed by atoms with E-state index in [2.05, 4.69) is 0 Å². The lowest BCUT2D eigenvalue weighted by Crippen LogP contribution is -2.22. The van der Waals surface area contributed by atoms with Gasteiger partial charge in [0.2, 0.25) is 0 Å². The molecule has 0 bridgehead atoms. The van der Waals surface area contributed by atoms with Gasteiger partial charge in [-0.3, -0.25) is 0 Å². The number of aliphatic hydroxyl groups excluding tert-OH is 2. The van der Waals surface area contributed by atoms with Crippen molar-refractivity contribution in [2.45, 2.75) is 12.2 Å². The Morgan fingerprint density at radius 3 is 2.13 bits per heavy atom. The van der Waals surface area contributed by atoms with Crippen molar-refractivity contribution in [1.82, 2.24) is 0 Å². The fraction of sp³-hybridized carbons (Fsp3) is 0.455. The molecular formula is C11H15NO3. The average molecular weight is 209 g/mol. The maximum absolute atomic E-state index is 9.41. The van der Waals surface area contributed by atoms with Crippen LogP contribution in [0.4, 0.5) is 5.69 Å². The summed E-state index contributed by atoms with van der Waals surface area (Å²) in [6, 6.07) is 7.58. The summed E-state index contributed by atoms with van der Waals surface area (Å²) in [7, 11) is 1.62. The number of hydrogen-bond acceptors (Lipinski definition) is 4. The molecule has 0 unspecified atom stereocenters. The van der Waals surface area contributed by atoms with Gasteiger partial charge in [-0.25, -0.2) is 0 Å². The fourth-order valence-electron chi connectivity index (χ4n) is 1.77. The van der Waals surface area contributed by atoms with Gasteiger partial charge in [0.25, 0.3) is 0 Å². The fourth-order valence-corrected chi connectivity index (χ4v) is 1.77. The number of nitrogens with zero attached hydrogens (tertiary/aromatic N) is 1. The van der Waals surface area contributed by atoms with Gasteiger partial charge in [-0.05, 0) is 24.3 Å². The lowest BCUT2D eigenvalue weighted by Gasteiger charge is -2.17. The Balaban J connectivity index is 2.10. The van der Waals surface area contributed by atoms with E-state index in [1.54, 1.807) is 7.11 Å². The SMILES string of the molecule is COc1ccc(N2C[C@H](O)[C@@H](O)C2)cc1. The van der Waals surface area contributed by atoms with Crippen LogP contribution in [-0.2, 0) is 0 Å². The summed E-state index contributed by atoms with van der Waals surface area (Å²) in [5.41, 5.74) is 0.992. The highest BCUT2D eigenvalue weighted by molar-refractivity contribution is 5.50. The third-order valence-electron chi connectivity index (χ3n) is 2.70. The largest absolute Gasteiger partial charge is 0.497 e. The molecule has 1 fully saturated rings. The molecule has 0 spiro atoms. The lowest BCUT2D eigenvalue weighted by molar-refractivity contribution is 0.0572.